The highest BCUT2D eigenvalue weighted by molar-refractivity contribution is 7.97. The maximum Gasteiger partial charge on any atom is 0.234 e. The highest BCUT2D eigenvalue weighted by Gasteiger charge is 2.29. The minimum atomic E-state index is -0.207. The highest BCUT2D eigenvalue weighted by atomic mass is 32.2. The van der Waals surface area contributed by atoms with Gasteiger partial charge in [-0.05, 0) is 59.7 Å². The van der Waals surface area contributed by atoms with Gasteiger partial charge in [-0.1, -0.05) is 30.3 Å². The summed E-state index contributed by atoms with van der Waals surface area (Å²) in [6.07, 6.45) is 1.02. The van der Waals surface area contributed by atoms with Gasteiger partial charge in [-0.2, -0.15) is 0 Å². The summed E-state index contributed by atoms with van der Waals surface area (Å²) in [4.78, 5) is 24.7. The molecule has 5 heteroatoms. The molecule has 0 bridgehead atoms. The third-order valence-corrected chi connectivity index (χ3v) is 5.77. The van der Waals surface area contributed by atoms with E-state index in [9.17, 15) is 9.59 Å². The molecule has 1 unspecified atom stereocenters. The number of hydrogen-bond donors (Lipinski definition) is 1. The van der Waals surface area contributed by atoms with E-state index in [0.717, 1.165) is 18.7 Å². The van der Waals surface area contributed by atoms with Crippen molar-refractivity contribution in [1.29, 1.82) is 0 Å². The molecule has 2 aromatic rings. The zero-order valence-corrected chi connectivity index (χ0v) is 14.9. The summed E-state index contributed by atoms with van der Waals surface area (Å²) < 4.78 is 2.34. The van der Waals surface area contributed by atoms with E-state index in [0.29, 0.717) is 12.8 Å². The van der Waals surface area contributed by atoms with Gasteiger partial charge < -0.3 is 0 Å². The second-order valence-corrected chi connectivity index (χ2v) is 7.91. The first-order chi connectivity index (χ1) is 12.1. The van der Waals surface area contributed by atoms with Crippen LogP contribution in [-0.4, -0.2) is 16.1 Å². The van der Waals surface area contributed by atoms with Crippen molar-refractivity contribution in [3.8, 4) is 0 Å². The molecule has 1 fully saturated rings. The van der Waals surface area contributed by atoms with Crippen molar-refractivity contribution in [3.05, 3.63) is 64.7 Å². The van der Waals surface area contributed by atoms with Crippen molar-refractivity contribution in [1.82, 2.24) is 9.62 Å². The Kier molecular flexibility index (Phi) is 4.36. The van der Waals surface area contributed by atoms with E-state index in [1.54, 1.807) is 11.9 Å². The van der Waals surface area contributed by atoms with Gasteiger partial charge in [0.15, 0.2) is 0 Å². The molecule has 2 amide bonds. The number of nitrogens with zero attached hydrogens (tertiary/aromatic N) is 1. The molecule has 0 radical (unpaired) electrons. The van der Waals surface area contributed by atoms with Gasteiger partial charge in [0.25, 0.3) is 0 Å². The molecular formula is C20H20N2O2S. The van der Waals surface area contributed by atoms with Gasteiger partial charge >= 0.3 is 0 Å². The van der Waals surface area contributed by atoms with Crippen LogP contribution in [0.5, 0.6) is 0 Å². The molecule has 1 atom stereocenters. The maximum atomic E-state index is 12.1. The lowest BCUT2D eigenvalue weighted by Crippen LogP contribution is -2.39. The fourth-order valence-corrected chi connectivity index (χ4v) is 4.58. The van der Waals surface area contributed by atoms with Crippen molar-refractivity contribution in [2.75, 3.05) is 0 Å². The van der Waals surface area contributed by atoms with E-state index < -0.39 is 0 Å². The molecule has 0 aromatic heterocycles. The zero-order valence-electron chi connectivity index (χ0n) is 14.1. The number of imide groups is 1. The molecule has 1 saturated heterocycles. The maximum absolute atomic E-state index is 12.1. The van der Waals surface area contributed by atoms with Crippen LogP contribution >= 0.6 is 11.9 Å². The molecule has 2 aliphatic heterocycles. The van der Waals surface area contributed by atoms with Crippen LogP contribution in [0.25, 0.3) is 0 Å². The summed E-state index contributed by atoms with van der Waals surface area (Å²) in [5.74, 6) is -0.537. The monoisotopic (exact) mass is 352 g/mol. The normalized spacial score (nSPS) is 20.4. The third-order valence-electron chi connectivity index (χ3n) is 4.79. The van der Waals surface area contributed by atoms with Gasteiger partial charge in [-0.15, -0.1) is 0 Å². The number of piperidine rings is 1. The van der Waals surface area contributed by atoms with Crippen LogP contribution in [0.15, 0.2) is 47.4 Å². The predicted molar refractivity (Wildman–Crippen MR) is 97.8 cm³/mol. The lowest BCUT2D eigenvalue weighted by Gasteiger charge is -2.21. The molecular weight excluding hydrogens is 332 g/mol. The van der Waals surface area contributed by atoms with Crippen molar-refractivity contribution in [2.24, 2.45) is 0 Å². The van der Waals surface area contributed by atoms with Gasteiger partial charge in [-0.3, -0.25) is 14.9 Å². The summed E-state index contributed by atoms with van der Waals surface area (Å²) in [7, 11) is 0. The van der Waals surface area contributed by atoms with E-state index in [1.165, 1.54) is 21.6 Å². The second-order valence-electron chi connectivity index (χ2n) is 6.74. The topological polar surface area (TPSA) is 49.4 Å². The van der Waals surface area contributed by atoms with E-state index in [-0.39, 0.29) is 17.7 Å². The summed E-state index contributed by atoms with van der Waals surface area (Å²) >= 11 is 1.77. The smallest absolute Gasteiger partial charge is 0.234 e. The van der Waals surface area contributed by atoms with Crippen LogP contribution in [0.2, 0.25) is 0 Å². The summed E-state index contributed by atoms with van der Waals surface area (Å²) in [5.41, 5.74) is 4.88. The van der Waals surface area contributed by atoms with E-state index in [1.807, 2.05) is 6.07 Å². The second kappa shape index (κ2) is 6.65. The molecule has 0 aliphatic carbocycles. The van der Waals surface area contributed by atoms with Crippen LogP contribution in [0.1, 0.15) is 41.0 Å². The minimum absolute atomic E-state index is 0.164. The highest BCUT2D eigenvalue weighted by Crippen LogP contribution is 2.35. The van der Waals surface area contributed by atoms with E-state index in [4.69, 9.17) is 0 Å². The van der Waals surface area contributed by atoms with Gasteiger partial charge in [-0.25, -0.2) is 4.31 Å². The average molecular weight is 352 g/mol. The van der Waals surface area contributed by atoms with Crippen molar-refractivity contribution < 1.29 is 9.59 Å². The summed E-state index contributed by atoms with van der Waals surface area (Å²) in [6.45, 7) is 3.88. The average Bonchev–Trinajstić information content (AvgIpc) is 2.96. The Bertz CT molecular complexity index is 849. The lowest BCUT2D eigenvalue weighted by atomic mass is 9.89. The SMILES string of the molecule is Cc1cccc(SN2Cc3ccc(C4CCC(=O)NC4=O)cc3C2)c1. The molecule has 1 N–H and O–H groups in total. The van der Waals surface area contributed by atoms with Gasteiger partial charge in [0.05, 0.1) is 5.92 Å². The lowest BCUT2D eigenvalue weighted by molar-refractivity contribution is -0.134. The number of carbonyl (C=O) groups excluding carboxylic acids is 2. The number of nitrogens with one attached hydrogen (secondary N) is 1. The van der Waals surface area contributed by atoms with Crippen LogP contribution in [0.3, 0.4) is 0 Å². The van der Waals surface area contributed by atoms with Crippen LogP contribution in [0.4, 0.5) is 0 Å². The fraction of sp³-hybridized carbons (Fsp3) is 0.300. The number of carbonyl (C=O) groups is 2. The third kappa shape index (κ3) is 3.48. The van der Waals surface area contributed by atoms with Gasteiger partial charge in [0.1, 0.15) is 0 Å². The molecule has 4 nitrogen and oxygen atoms in total. The number of aryl methyl sites for hydroxylation is 1. The van der Waals surface area contributed by atoms with E-state index in [2.05, 4.69) is 52.9 Å². The van der Waals surface area contributed by atoms with Crippen LogP contribution in [0, 0.1) is 6.92 Å². The first-order valence-corrected chi connectivity index (χ1v) is 9.31. The van der Waals surface area contributed by atoms with Crippen molar-refractivity contribution >= 4 is 23.8 Å². The molecule has 128 valence electrons. The number of rotatable bonds is 3. The molecule has 0 saturated carbocycles. The van der Waals surface area contributed by atoms with Crippen LogP contribution < -0.4 is 5.32 Å². The fourth-order valence-electron chi connectivity index (χ4n) is 3.50. The van der Waals surface area contributed by atoms with Gasteiger partial charge in [0.2, 0.25) is 11.8 Å². The number of hydrogen-bond acceptors (Lipinski definition) is 4. The van der Waals surface area contributed by atoms with Crippen molar-refractivity contribution in [3.63, 3.8) is 0 Å². The zero-order chi connectivity index (χ0) is 17.4. The molecule has 2 aromatic carbocycles. The molecule has 2 heterocycles. The molecule has 0 spiro atoms. The van der Waals surface area contributed by atoms with Crippen LogP contribution in [-0.2, 0) is 22.7 Å². The summed E-state index contributed by atoms with van der Waals surface area (Å²) in [6, 6.07) is 14.8. The Morgan fingerprint density at radius 3 is 2.72 bits per heavy atom. The standard InChI is InChI=1S/C20H20N2O2S/c1-13-3-2-4-17(9-13)25-22-11-15-6-5-14(10-16(15)12-22)18-7-8-19(23)21-20(18)24/h2-6,9-10,18H,7-8,11-12H2,1H3,(H,21,23,24). The predicted octanol–water partition coefficient (Wildman–Crippen LogP) is 3.54. The van der Waals surface area contributed by atoms with Crippen molar-refractivity contribution in [2.45, 2.75) is 43.7 Å². The Morgan fingerprint density at radius 1 is 1.08 bits per heavy atom. The number of benzene rings is 2. The molecule has 2 aliphatic rings. The Hall–Kier alpha value is -2.11. The van der Waals surface area contributed by atoms with Gasteiger partial charge in [0, 0.05) is 24.4 Å². The largest absolute Gasteiger partial charge is 0.296 e. The minimum Gasteiger partial charge on any atom is -0.296 e. The first kappa shape index (κ1) is 16.4. The summed E-state index contributed by atoms with van der Waals surface area (Å²) in [5, 5.41) is 2.45. The van der Waals surface area contributed by atoms with E-state index >= 15 is 0 Å². The first-order valence-electron chi connectivity index (χ1n) is 8.53. The quantitative estimate of drug-likeness (QED) is 0.678. The Balaban J connectivity index is 1.49. The number of amides is 2. The number of fused-ring (bicyclic) bond motifs is 1. The molecule has 4 rings (SSSR count). The molecule has 25 heavy (non-hydrogen) atoms. The Labute approximate surface area is 151 Å². The Morgan fingerprint density at radius 2 is 1.92 bits per heavy atom.